The third-order valence-corrected chi connectivity index (χ3v) is 9.59. The molecule has 7 rings (SSSR count). The third kappa shape index (κ3) is 3.49. The predicted molar refractivity (Wildman–Crippen MR) is 150 cm³/mol. The van der Waals surface area contributed by atoms with Crippen molar-refractivity contribution in [2.45, 2.75) is 24.2 Å². The highest BCUT2D eigenvalue weighted by Crippen LogP contribution is 2.69. The van der Waals surface area contributed by atoms with Crippen molar-refractivity contribution in [3.63, 3.8) is 0 Å². The predicted octanol–water partition coefficient (Wildman–Crippen LogP) is 5.97. The molecule has 4 aliphatic rings. The SMILES string of the molecule is COC(=O)[C@]12CN(C(=O)/C=C/c3ccccc3OC)C[C@H]1[C@]1(c3cccc(Br)c3)CC[C@H]2c2ccccc21. The highest BCUT2D eigenvalue weighted by Gasteiger charge is 2.71. The molecule has 3 aromatic carbocycles. The lowest BCUT2D eigenvalue weighted by Crippen LogP contribution is -2.60. The van der Waals surface area contributed by atoms with E-state index in [1.807, 2.05) is 35.2 Å². The van der Waals surface area contributed by atoms with Gasteiger partial charge in [-0.15, -0.1) is 0 Å². The molecule has 38 heavy (non-hydrogen) atoms. The summed E-state index contributed by atoms with van der Waals surface area (Å²) in [6.45, 7) is 0.829. The van der Waals surface area contributed by atoms with Gasteiger partial charge in [0.1, 0.15) is 5.75 Å². The van der Waals surface area contributed by atoms with E-state index in [1.54, 1.807) is 19.3 Å². The van der Waals surface area contributed by atoms with E-state index in [0.29, 0.717) is 18.8 Å². The minimum atomic E-state index is -0.808. The lowest BCUT2D eigenvalue weighted by Gasteiger charge is -2.59. The fourth-order valence-corrected chi connectivity index (χ4v) is 8.03. The molecule has 0 unspecified atom stereocenters. The number of carbonyl (C=O) groups excluding carboxylic acids is 2. The van der Waals surface area contributed by atoms with Crippen LogP contribution in [0.2, 0.25) is 0 Å². The van der Waals surface area contributed by atoms with Crippen LogP contribution >= 0.6 is 15.9 Å². The number of amides is 1. The van der Waals surface area contributed by atoms with E-state index in [9.17, 15) is 9.59 Å². The van der Waals surface area contributed by atoms with Gasteiger partial charge >= 0.3 is 5.97 Å². The summed E-state index contributed by atoms with van der Waals surface area (Å²) >= 11 is 3.68. The zero-order valence-electron chi connectivity index (χ0n) is 21.5. The van der Waals surface area contributed by atoms with Crippen molar-refractivity contribution in [2.75, 3.05) is 27.3 Å². The molecule has 1 aliphatic heterocycles. The lowest BCUT2D eigenvalue weighted by molar-refractivity contribution is -0.161. The Balaban J connectivity index is 1.47. The summed E-state index contributed by atoms with van der Waals surface area (Å²) in [4.78, 5) is 29.3. The molecule has 5 nitrogen and oxygen atoms in total. The van der Waals surface area contributed by atoms with Gasteiger partial charge in [0, 0.05) is 46.5 Å². The second-order valence-electron chi connectivity index (χ2n) is 10.5. The molecule has 194 valence electrons. The minimum Gasteiger partial charge on any atom is -0.496 e. The van der Waals surface area contributed by atoms with Crippen LogP contribution in [0.15, 0.2) is 83.3 Å². The van der Waals surface area contributed by atoms with Crippen molar-refractivity contribution in [2.24, 2.45) is 11.3 Å². The zero-order valence-corrected chi connectivity index (χ0v) is 23.1. The molecule has 2 bridgehead atoms. The third-order valence-electron chi connectivity index (χ3n) is 9.10. The summed E-state index contributed by atoms with van der Waals surface area (Å²) < 4.78 is 12.0. The topological polar surface area (TPSA) is 55.8 Å². The average Bonchev–Trinajstić information content (AvgIpc) is 3.40. The van der Waals surface area contributed by atoms with Gasteiger partial charge < -0.3 is 14.4 Å². The Morgan fingerprint density at radius 3 is 2.61 bits per heavy atom. The molecule has 4 atom stereocenters. The number of nitrogens with zero attached hydrogens (tertiary/aromatic N) is 1. The van der Waals surface area contributed by atoms with Gasteiger partial charge in [-0.2, -0.15) is 0 Å². The number of carbonyl (C=O) groups is 2. The number of likely N-dealkylation sites (tertiary alicyclic amines) is 1. The largest absolute Gasteiger partial charge is 0.496 e. The van der Waals surface area contributed by atoms with Gasteiger partial charge in [0.15, 0.2) is 0 Å². The van der Waals surface area contributed by atoms with Gasteiger partial charge in [-0.3, -0.25) is 9.59 Å². The highest BCUT2D eigenvalue weighted by molar-refractivity contribution is 9.10. The van der Waals surface area contributed by atoms with E-state index >= 15 is 0 Å². The van der Waals surface area contributed by atoms with Crippen molar-refractivity contribution < 1.29 is 19.1 Å². The Bertz CT molecular complexity index is 1450. The number of hydrogen-bond acceptors (Lipinski definition) is 4. The van der Waals surface area contributed by atoms with Crippen molar-refractivity contribution in [3.8, 4) is 5.75 Å². The molecule has 0 spiro atoms. The lowest BCUT2D eigenvalue weighted by atomic mass is 9.42. The number of methoxy groups -OCH3 is 2. The Kier molecular flexibility index (Phi) is 6.18. The fraction of sp³-hybridized carbons (Fsp3) is 0.312. The van der Waals surface area contributed by atoms with Crippen molar-refractivity contribution in [1.82, 2.24) is 4.90 Å². The number of fused-ring (bicyclic) bond motifs is 1. The molecule has 0 N–H and O–H groups in total. The highest BCUT2D eigenvalue weighted by atomic mass is 79.9. The van der Waals surface area contributed by atoms with Gasteiger partial charge in [-0.1, -0.05) is 70.5 Å². The van der Waals surface area contributed by atoms with Crippen LogP contribution in [0.25, 0.3) is 6.08 Å². The maximum absolute atomic E-state index is 13.8. The van der Waals surface area contributed by atoms with E-state index in [-0.39, 0.29) is 23.7 Å². The van der Waals surface area contributed by atoms with Crippen molar-refractivity contribution in [1.29, 1.82) is 0 Å². The molecule has 3 aliphatic carbocycles. The van der Waals surface area contributed by atoms with Crippen LogP contribution in [0.3, 0.4) is 0 Å². The van der Waals surface area contributed by atoms with Crippen LogP contribution in [-0.4, -0.2) is 44.1 Å². The maximum atomic E-state index is 13.8. The quantitative estimate of drug-likeness (QED) is 0.280. The van der Waals surface area contributed by atoms with Gasteiger partial charge in [-0.05, 0) is 53.8 Å². The van der Waals surface area contributed by atoms with Crippen LogP contribution in [0.5, 0.6) is 5.75 Å². The number of para-hydroxylation sites is 1. The minimum absolute atomic E-state index is 0.00109. The molecule has 0 aromatic heterocycles. The normalized spacial score (nSPS) is 27.2. The summed E-state index contributed by atoms with van der Waals surface area (Å²) in [7, 11) is 3.09. The van der Waals surface area contributed by atoms with Gasteiger partial charge in [0.25, 0.3) is 0 Å². The first-order valence-corrected chi connectivity index (χ1v) is 13.8. The Hall–Kier alpha value is -3.38. The summed E-state index contributed by atoms with van der Waals surface area (Å²) in [6, 6.07) is 24.6. The van der Waals surface area contributed by atoms with Crippen molar-refractivity contribution in [3.05, 3.63) is 106 Å². The van der Waals surface area contributed by atoms with E-state index in [4.69, 9.17) is 9.47 Å². The molecule has 6 heteroatoms. The van der Waals surface area contributed by atoms with E-state index in [2.05, 4.69) is 58.4 Å². The Morgan fingerprint density at radius 1 is 1.03 bits per heavy atom. The summed E-state index contributed by atoms with van der Waals surface area (Å²) in [5.74, 6) is 0.279. The smallest absolute Gasteiger partial charge is 0.314 e. The molecular weight excluding hydrogens is 542 g/mol. The van der Waals surface area contributed by atoms with Crippen molar-refractivity contribution >= 4 is 33.9 Å². The van der Waals surface area contributed by atoms with E-state index in [0.717, 1.165) is 22.9 Å². The second-order valence-corrected chi connectivity index (χ2v) is 11.5. The maximum Gasteiger partial charge on any atom is 0.314 e. The number of rotatable bonds is 5. The second kappa shape index (κ2) is 9.42. The van der Waals surface area contributed by atoms with Gasteiger partial charge in [-0.25, -0.2) is 0 Å². The van der Waals surface area contributed by atoms with Crippen LogP contribution < -0.4 is 4.74 Å². The van der Waals surface area contributed by atoms with Crippen LogP contribution in [0, 0.1) is 11.3 Å². The molecule has 1 saturated heterocycles. The number of benzene rings is 3. The van der Waals surface area contributed by atoms with Crippen LogP contribution in [-0.2, 0) is 19.7 Å². The molecular formula is C32H30BrNO4. The fourth-order valence-electron chi connectivity index (χ4n) is 7.63. The Morgan fingerprint density at radius 2 is 1.82 bits per heavy atom. The first-order chi connectivity index (χ1) is 18.5. The molecule has 2 fully saturated rings. The summed E-state index contributed by atoms with van der Waals surface area (Å²) in [6.07, 6.45) is 5.18. The number of halogens is 1. The first-order valence-electron chi connectivity index (χ1n) is 13.0. The summed E-state index contributed by atoms with van der Waals surface area (Å²) in [5.41, 5.74) is 3.29. The van der Waals surface area contributed by atoms with Crippen LogP contribution in [0.1, 0.15) is 41.0 Å². The first kappa shape index (κ1) is 24.9. The Labute approximate surface area is 231 Å². The zero-order chi connectivity index (χ0) is 26.5. The average molecular weight is 572 g/mol. The van der Waals surface area contributed by atoms with Gasteiger partial charge in [0.05, 0.1) is 19.6 Å². The van der Waals surface area contributed by atoms with E-state index < -0.39 is 10.8 Å². The molecule has 0 radical (unpaired) electrons. The van der Waals surface area contributed by atoms with Gasteiger partial charge in [0.2, 0.25) is 5.91 Å². The molecule has 3 aromatic rings. The number of ether oxygens (including phenoxy) is 2. The number of esters is 1. The molecule has 1 saturated carbocycles. The molecule has 1 amide bonds. The standard InChI is InChI=1S/C32H30BrNO4/c1-37-27-13-6-3-8-21(27)14-15-29(35)34-19-28-31(22-9-7-10-23(33)18-22)17-16-26(24-11-4-5-12-25(24)31)32(28,20-34)30(36)38-2/h3-15,18,26,28H,16-17,19-20H2,1-2H3/b15-14+/t26-,28-,31-,32-/m0/s1. The van der Waals surface area contributed by atoms with Crippen LogP contribution in [0.4, 0.5) is 0 Å². The number of hydrogen-bond donors (Lipinski definition) is 0. The summed E-state index contributed by atoms with van der Waals surface area (Å²) in [5, 5.41) is 0. The van der Waals surface area contributed by atoms with E-state index in [1.165, 1.54) is 23.8 Å². The monoisotopic (exact) mass is 571 g/mol. The molecule has 1 heterocycles.